The van der Waals surface area contributed by atoms with Crippen molar-refractivity contribution in [2.75, 3.05) is 0 Å². The molecule has 0 bridgehead atoms. The third kappa shape index (κ3) is 3.33. The Morgan fingerprint density at radius 3 is 2.20 bits per heavy atom. The fourth-order valence-corrected chi connectivity index (χ4v) is 4.36. The summed E-state index contributed by atoms with van der Waals surface area (Å²) >= 11 is 1.93. The van der Waals surface area contributed by atoms with E-state index in [1.54, 1.807) is 0 Å². The van der Waals surface area contributed by atoms with Crippen LogP contribution in [0.15, 0.2) is 84.9 Å². The molecule has 25 heavy (non-hydrogen) atoms. The summed E-state index contributed by atoms with van der Waals surface area (Å²) in [6.45, 7) is 0. The number of fused-ring (bicyclic) bond motifs is 1. The Kier molecular flexibility index (Phi) is 4.57. The number of hydrogen-bond acceptors (Lipinski definition) is 2. The van der Waals surface area contributed by atoms with E-state index in [2.05, 4.69) is 90.5 Å². The first kappa shape index (κ1) is 16.0. The molecule has 3 heteroatoms. The predicted molar refractivity (Wildman–Crippen MR) is 107 cm³/mol. The van der Waals surface area contributed by atoms with E-state index in [1.807, 2.05) is 17.8 Å². The zero-order valence-corrected chi connectivity index (χ0v) is 15.0. The second kappa shape index (κ2) is 7.16. The highest BCUT2D eigenvalue weighted by atomic mass is 32.2. The van der Waals surface area contributed by atoms with Crippen molar-refractivity contribution in [1.82, 2.24) is 9.55 Å². The first-order chi connectivity index (χ1) is 12.3. The zero-order valence-electron chi connectivity index (χ0n) is 14.2. The molecule has 0 unspecified atom stereocenters. The molecule has 0 saturated heterocycles. The highest BCUT2D eigenvalue weighted by Gasteiger charge is 2.21. The van der Waals surface area contributed by atoms with Crippen molar-refractivity contribution < 1.29 is 0 Å². The van der Waals surface area contributed by atoms with Crippen molar-refractivity contribution in [2.24, 2.45) is 7.05 Å². The minimum Gasteiger partial charge on any atom is -0.330 e. The average molecular weight is 344 g/mol. The van der Waals surface area contributed by atoms with Gasteiger partial charge in [0.25, 0.3) is 0 Å². The monoisotopic (exact) mass is 344 g/mol. The first-order valence-corrected chi connectivity index (χ1v) is 9.49. The van der Waals surface area contributed by atoms with Crippen molar-refractivity contribution in [3.8, 4) is 0 Å². The van der Waals surface area contributed by atoms with E-state index in [1.165, 1.54) is 16.6 Å². The van der Waals surface area contributed by atoms with Gasteiger partial charge in [0, 0.05) is 12.8 Å². The van der Waals surface area contributed by atoms with Crippen molar-refractivity contribution in [1.29, 1.82) is 0 Å². The molecule has 124 valence electrons. The number of thioether (sulfide) groups is 1. The lowest BCUT2D eigenvalue weighted by molar-refractivity contribution is 0.835. The second-order valence-corrected chi connectivity index (χ2v) is 7.20. The molecule has 2 nitrogen and oxygen atoms in total. The zero-order chi connectivity index (χ0) is 17.1. The number of nitrogens with zero attached hydrogens (tertiary/aromatic N) is 2. The van der Waals surface area contributed by atoms with Crippen molar-refractivity contribution in [2.45, 2.75) is 11.0 Å². The first-order valence-electron chi connectivity index (χ1n) is 8.45. The average Bonchev–Trinajstić information content (AvgIpc) is 3.01. The van der Waals surface area contributed by atoms with E-state index in [-0.39, 0.29) is 5.25 Å². The Hall–Kier alpha value is -2.52. The van der Waals surface area contributed by atoms with Crippen molar-refractivity contribution in [3.63, 3.8) is 0 Å². The van der Waals surface area contributed by atoms with Gasteiger partial charge in [0.05, 0.1) is 16.3 Å². The van der Waals surface area contributed by atoms with Crippen LogP contribution in [0, 0.1) is 0 Å². The van der Waals surface area contributed by atoms with Gasteiger partial charge < -0.3 is 4.57 Å². The molecular formula is C22H20N2S. The maximum atomic E-state index is 4.94. The molecule has 0 aliphatic carbocycles. The summed E-state index contributed by atoms with van der Waals surface area (Å²) < 4.78 is 2.23. The third-order valence-corrected chi connectivity index (χ3v) is 5.73. The van der Waals surface area contributed by atoms with E-state index in [9.17, 15) is 0 Å². The van der Waals surface area contributed by atoms with Gasteiger partial charge in [-0.3, -0.25) is 0 Å². The maximum absolute atomic E-state index is 4.94. The lowest BCUT2D eigenvalue weighted by Crippen LogP contribution is -2.05. The van der Waals surface area contributed by atoms with Crippen LogP contribution in [0.5, 0.6) is 0 Å². The molecule has 0 amide bonds. The Balaban J connectivity index is 1.73. The molecule has 0 fully saturated rings. The largest absolute Gasteiger partial charge is 0.330 e. The lowest BCUT2D eigenvalue weighted by Gasteiger charge is -2.17. The van der Waals surface area contributed by atoms with Gasteiger partial charge in [-0.05, 0) is 23.3 Å². The molecule has 3 aromatic carbocycles. The van der Waals surface area contributed by atoms with E-state index in [4.69, 9.17) is 4.98 Å². The van der Waals surface area contributed by atoms with Gasteiger partial charge in [-0.1, -0.05) is 72.8 Å². The van der Waals surface area contributed by atoms with Crippen LogP contribution in [0.2, 0.25) is 0 Å². The van der Waals surface area contributed by atoms with Crippen LogP contribution < -0.4 is 0 Å². The quantitative estimate of drug-likeness (QED) is 0.469. The molecular weight excluding hydrogens is 324 g/mol. The summed E-state index contributed by atoms with van der Waals surface area (Å²) in [6, 6.07) is 29.6. The van der Waals surface area contributed by atoms with E-state index in [0.717, 1.165) is 17.1 Å². The van der Waals surface area contributed by atoms with Crippen LogP contribution in [-0.4, -0.2) is 9.55 Å². The van der Waals surface area contributed by atoms with Gasteiger partial charge in [0.2, 0.25) is 0 Å². The van der Waals surface area contributed by atoms with Crippen LogP contribution in [0.4, 0.5) is 0 Å². The topological polar surface area (TPSA) is 17.8 Å². The standard InChI is InChI=1S/C22H20N2S/c1-24-20-15-9-8-14-19(20)23-22(24)21(18-12-6-3-7-13-18)25-16-17-10-4-2-5-11-17/h2-15,21H,16H2,1H3/t21-/m1/s1. The predicted octanol–water partition coefficient (Wildman–Crippen LogP) is 5.60. The normalized spacial score (nSPS) is 12.4. The second-order valence-electron chi connectivity index (χ2n) is 6.11. The summed E-state index contributed by atoms with van der Waals surface area (Å²) in [5.74, 6) is 2.07. The summed E-state index contributed by atoms with van der Waals surface area (Å²) in [7, 11) is 2.11. The molecule has 4 aromatic rings. The van der Waals surface area contributed by atoms with E-state index >= 15 is 0 Å². The molecule has 1 aromatic heterocycles. The summed E-state index contributed by atoms with van der Waals surface area (Å²) in [5.41, 5.74) is 4.87. The molecule has 0 saturated carbocycles. The fraction of sp³-hybridized carbons (Fsp3) is 0.136. The smallest absolute Gasteiger partial charge is 0.127 e. The summed E-state index contributed by atoms with van der Waals surface area (Å²) in [6.07, 6.45) is 0. The minimum atomic E-state index is 0.207. The molecule has 0 radical (unpaired) electrons. The summed E-state index contributed by atoms with van der Waals surface area (Å²) in [5, 5.41) is 0.207. The highest BCUT2D eigenvalue weighted by molar-refractivity contribution is 7.98. The lowest BCUT2D eigenvalue weighted by atomic mass is 10.1. The number of aryl methyl sites for hydroxylation is 1. The molecule has 0 N–H and O–H groups in total. The van der Waals surface area contributed by atoms with E-state index < -0.39 is 0 Å². The Labute approximate surface area is 152 Å². The van der Waals surface area contributed by atoms with Crippen LogP contribution in [0.3, 0.4) is 0 Å². The van der Waals surface area contributed by atoms with Gasteiger partial charge in [0.15, 0.2) is 0 Å². The fourth-order valence-electron chi connectivity index (χ4n) is 3.10. The molecule has 0 aliphatic heterocycles. The van der Waals surface area contributed by atoms with Crippen LogP contribution >= 0.6 is 11.8 Å². The van der Waals surface area contributed by atoms with Gasteiger partial charge in [-0.25, -0.2) is 4.98 Å². The molecule has 4 rings (SSSR count). The van der Waals surface area contributed by atoms with E-state index in [0.29, 0.717) is 0 Å². The molecule has 1 atom stereocenters. The third-order valence-electron chi connectivity index (χ3n) is 4.42. The van der Waals surface area contributed by atoms with Crippen LogP contribution in [0.1, 0.15) is 22.2 Å². The Morgan fingerprint density at radius 1 is 0.840 bits per heavy atom. The Bertz CT molecular complexity index is 961. The van der Waals surface area contributed by atoms with Crippen molar-refractivity contribution in [3.05, 3.63) is 102 Å². The van der Waals surface area contributed by atoms with Gasteiger partial charge >= 0.3 is 0 Å². The maximum Gasteiger partial charge on any atom is 0.127 e. The minimum absolute atomic E-state index is 0.207. The number of para-hydroxylation sites is 2. The van der Waals surface area contributed by atoms with Crippen molar-refractivity contribution >= 4 is 22.8 Å². The molecule has 0 spiro atoms. The number of aromatic nitrogens is 2. The van der Waals surface area contributed by atoms with Crippen LogP contribution in [-0.2, 0) is 12.8 Å². The Morgan fingerprint density at radius 2 is 1.48 bits per heavy atom. The van der Waals surface area contributed by atoms with Gasteiger partial charge in [-0.15, -0.1) is 11.8 Å². The SMILES string of the molecule is Cn1c([C@H](SCc2ccccc2)c2ccccc2)nc2ccccc21. The number of rotatable bonds is 5. The molecule has 1 heterocycles. The number of hydrogen-bond donors (Lipinski definition) is 0. The van der Waals surface area contributed by atoms with Gasteiger partial charge in [-0.2, -0.15) is 0 Å². The highest BCUT2D eigenvalue weighted by Crippen LogP contribution is 2.38. The van der Waals surface area contributed by atoms with Gasteiger partial charge in [0.1, 0.15) is 5.82 Å². The summed E-state index contributed by atoms with van der Waals surface area (Å²) in [4.78, 5) is 4.94. The number of benzene rings is 3. The number of imidazole rings is 1. The van der Waals surface area contributed by atoms with Crippen LogP contribution in [0.25, 0.3) is 11.0 Å². The molecule has 0 aliphatic rings.